The van der Waals surface area contributed by atoms with Gasteiger partial charge in [-0.1, -0.05) is 44.0 Å². The van der Waals surface area contributed by atoms with E-state index in [1.807, 2.05) is 6.07 Å². The van der Waals surface area contributed by atoms with Crippen LogP contribution in [0.25, 0.3) is 0 Å². The van der Waals surface area contributed by atoms with Crippen molar-refractivity contribution in [3.8, 4) is 0 Å². The number of hydrogen-bond donors (Lipinski definition) is 0. The zero-order chi connectivity index (χ0) is 10.1. The molecule has 0 amide bonds. The molecule has 0 fully saturated rings. The monoisotopic (exact) mass is 208 g/mol. The predicted molar refractivity (Wildman–Crippen MR) is 62.0 cm³/mol. The Bertz CT molecular complexity index is 330. The zero-order valence-electron chi connectivity index (χ0n) is 8.89. The van der Waals surface area contributed by atoms with Crippen LogP contribution in [-0.2, 0) is 6.42 Å². The molecule has 1 aliphatic rings. The van der Waals surface area contributed by atoms with Gasteiger partial charge in [0, 0.05) is 5.02 Å². The molecule has 0 N–H and O–H groups in total. The van der Waals surface area contributed by atoms with Crippen molar-refractivity contribution < 1.29 is 0 Å². The molecule has 1 aliphatic carbocycles. The molecule has 2 rings (SSSR count). The van der Waals surface area contributed by atoms with E-state index < -0.39 is 0 Å². The van der Waals surface area contributed by atoms with Crippen LogP contribution in [0, 0.1) is 5.92 Å². The molecule has 0 saturated heterocycles. The van der Waals surface area contributed by atoms with Crippen LogP contribution in [0.3, 0.4) is 0 Å². The van der Waals surface area contributed by atoms with Crippen LogP contribution < -0.4 is 0 Å². The van der Waals surface area contributed by atoms with E-state index in [1.54, 1.807) is 0 Å². The van der Waals surface area contributed by atoms with Gasteiger partial charge in [0.05, 0.1) is 0 Å². The number of benzene rings is 1. The van der Waals surface area contributed by atoms with E-state index in [0.717, 1.165) is 16.9 Å². The number of hydrogen-bond acceptors (Lipinski definition) is 0. The van der Waals surface area contributed by atoms with Crippen molar-refractivity contribution in [3.63, 3.8) is 0 Å². The molecule has 1 heteroatoms. The first-order chi connectivity index (χ1) is 6.74. The standard InChI is InChI=1S/C13H17Cl/c1-3-9(2)10-7-8-12-11(10)5-4-6-13(12)14/h4-6,9-10H,3,7-8H2,1-2H3. The first kappa shape index (κ1) is 10.0. The highest BCUT2D eigenvalue weighted by atomic mass is 35.5. The van der Waals surface area contributed by atoms with Gasteiger partial charge in [-0.25, -0.2) is 0 Å². The average molecular weight is 209 g/mol. The summed E-state index contributed by atoms with van der Waals surface area (Å²) < 4.78 is 0. The van der Waals surface area contributed by atoms with E-state index in [1.165, 1.54) is 30.4 Å². The number of fused-ring (bicyclic) bond motifs is 1. The first-order valence-electron chi connectivity index (χ1n) is 5.51. The highest BCUT2D eigenvalue weighted by Gasteiger charge is 2.27. The van der Waals surface area contributed by atoms with Crippen LogP contribution in [0.15, 0.2) is 18.2 Å². The normalized spacial score (nSPS) is 22.1. The summed E-state index contributed by atoms with van der Waals surface area (Å²) in [5, 5.41) is 0.966. The number of rotatable bonds is 2. The molecule has 2 atom stereocenters. The van der Waals surface area contributed by atoms with Crippen LogP contribution in [0.5, 0.6) is 0 Å². The minimum absolute atomic E-state index is 0.744. The Hall–Kier alpha value is -0.490. The second kappa shape index (κ2) is 3.94. The van der Waals surface area contributed by atoms with Crippen molar-refractivity contribution in [1.29, 1.82) is 0 Å². The lowest BCUT2D eigenvalue weighted by atomic mass is 9.87. The summed E-state index contributed by atoms with van der Waals surface area (Å²) in [7, 11) is 0. The van der Waals surface area contributed by atoms with Crippen molar-refractivity contribution in [2.24, 2.45) is 5.92 Å². The number of halogens is 1. The van der Waals surface area contributed by atoms with Gasteiger partial charge in [0.25, 0.3) is 0 Å². The molecular weight excluding hydrogens is 192 g/mol. The van der Waals surface area contributed by atoms with Crippen molar-refractivity contribution in [3.05, 3.63) is 34.3 Å². The van der Waals surface area contributed by atoms with Crippen LogP contribution in [0.4, 0.5) is 0 Å². The smallest absolute Gasteiger partial charge is 0.0440 e. The third-order valence-corrected chi connectivity index (χ3v) is 3.94. The van der Waals surface area contributed by atoms with E-state index >= 15 is 0 Å². The van der Waals surface area contributed by atoms with Gasteiger partial charge in [-0.05, 0) is 41.9 Å². The van der Waals surface area contributed by atoms with Gasteiger partial charge in [-0.15, -0.1) is 0 Å². The first-order valence-corrected chi connectivity index (χ1v) is 5.89. The SMILES string of the molecule is CCC(C)C1CCc2c(Cl)cccc21. The second-order valence-corrected chi connectivity index (χ2v) is 4.75. The van der Waals surface area contributed by atoms with Crippen molar-refractivity contribution >= 4 is 11.6 Å². The van der Waals surface area contributed by atoms with Crippen LogP contribution >= 0.6 is 11.6 Å². The van der Waals surface area contributed by atoms with Gasteiger partial charge in [0.1, 0.15) is 0 Å². The Balaban J connectivity index is 2.35. The molecule has 1 aromatic carbocycles. The molecule has 0 radical (unpaired) electrons. The summed E-state index contributed by atoms with van der Waals surface area (Å²) in [4.78, 5) is 0. The van der Waals surface area contributed by atoms with Gasteiger partial charge >= 0.3 is 0 Å². The maximum absolute atomic E-state index is 6.18. The second-order valence-electron chi connectivity index (χ2n) is 4.34. The van der Waals surface area contributed by atoms with Crippen molar-refractivity contribution in [2.45, 2.75) is 39.0 Å². The summed E-state index contributed by atoms with van der Waals surface area (Å²) in [6.07, 6.45) is 3.72. The third kappa shape index (κ3) is 1.56. The largest absolute Gasteiger partial charge is 0.0840 e. The topological polar surface area (TPSA) is 0 Å². The van der Waals surface area contributed by atoms with Crippen molar-refractivity contribution in [2.75, 3.05) is 0 Å². The molecular formula is C13H17Cl. The molecule has 14 heavy (non-hydrogen) atoms. The van der Waals surface area contributed by atoms with Crippen LogP contribution in [0.2, 0.25) is 5.02 Å². The zero-order valence-corrected chi connectivity index (χ0v) is 9.64. The summed E-state index contributed by atoms with van der Waals surface area (Å²) >= 11 is 6.18. The lowest BCUT2D eigenvalue weighted by molar-refractivity contribution is 0.443. The summed E-state index contributed by atoms with van der Waals surface area (Å²) in [6, 6.07) is 6.35. The maximum atomic E-state index is 6.18. The molecule has 0 heterocycles. The predicted octanol–water partition coefficient (Wildman–Crippen LogP) is 4.42. The van der Waals surface area contributed by atoms with Gasteiger partial charge in [0.2, 0.25) is 0 Å². The minimum Gasteiger partial charge on any atom is -0.0840 e. The van der Waals surface area contributed by atoms with E-state index in [4.69, 9.17) is 11.6 Å². The fourth-order valence-corrected chi connectivity index (χ4v) is 2.79. The van der Waals surface area contributed by atoms with Crippen LogP contribution in [-0.4, -0.2) is 0 Å². The summed E-state index contributed by atoms with van der Waals surface area (Å²) in [6.45, 7) is 4.62. The molecule has 0 aliphatic heterocycles. The van der Waals surface area contributed by atoms with E-state index in [2.05, 4.69) is 26.0 Å². The Labute approximate surface area is 91.3 Å². The van der Waals surface area contributed by atoms with Gasteiger partial charge < -0.3 is 0 Å². The van der Waals surface area contributed by atoms with Gasteiger partial charge in [0.15, 0.2) is 0 Å². The van der Waals surface area contributed by atoms with Crippen LogP contribution in [0.1, 0.15) is 43.7 Å². The molecule has 1 aromatic rings. The average Bonchev–Trinajstić information content (AvgIpc) is 2.62. The molecule has 0 bridgehead atoms. The lowest BCUT2D eigenvalue weighted by Gasteiger charge is -2.18. The maximum Gasteiger partial charge on any atom is 0.0440 e. The highest BCUT2D eigenvalue weighted by Crippen LogP contribution is 2.41. The molecule has 0 nitrogen and oxygen atoms in total. The Morgan fingerprint density at radius 1 is 1.50 bits per heavy atom. The fraction of sp³-hybridized carbons (Fsp3) is 0.538. The van der Waals surface area contributed by atoms with E-state index in [9.17, 15) is 0 Å². The highest BCUT2D eigenvalue weighted by molar-refractivity contribution is 6.31. The minimum atomic E-state index is 0.744. The summed E-state index contributed by atoms with van der Waals surface area (Å²) in [5.74, 6) is 1.53. The quantitative estimate of drug-likeness (QED) is 0.675. The van der Waals surface area contributed by atoms with Crippen molar-refractivity contribution in [1.82, 2.24) is 0 Å². The fourth-order valence-electron chi connectivity index (χ4n) is 2.52. The molecule has 0 spiro atoms. The van der Waals surface area contributed by atoms with E-state index in [0.29, 0.717) is 0 Å². The molecule has 0 aromatic heterocycles. The third-order valence-electron chi connectivity index (χ3n) is 3.59. The Morgan fingerprint density at radius 2 is 2.29 bits per heavy atom. The van der Waals surface area contributed by atoms with Gasteiger partial charge in [-0.2, -0.15) is 0 Å². The summed E-state index contributed by atoms with van der Waals surface area (Å²) in [5.41, 5.74) is 2.91. The Kier molecular flexibility index (Phi) is 2.83. The van der Waals surface area contributed by atoms with Gasteiger partial charge in [-0.3, -0.25) is 0 Å². The molecule has 2 unspecified atom stereocenters. The Morgan fingerprint density at radius 3 is 3.00 bits per heavy atom. The van der Waals surface area contributed by atoms with E-state index in [-0.39, 0.29) is 0 Å². The molecule has 76 valence electrons. The lowest BCUT2D eigenvalue weighted by Crippen LogP contribution is -2.05. The molecule has 0 saturated carbocycles.